The summed E-state index contributed by atoms with van der Waals surface area (Å²) < 4.78 is 5.27. The van der Waals surface area contributed by atoms with Crippen LogP contribution in [0, 0.1) is 0 Å². The first kappa shape index (κ1) is 42.2. The van der Waals surface area contributed by atoms with Crippen LogP contribution in [0.4, 0.5) is 0 Å². The third-order valence-corrected chi connectivity index (χ3v) is 10.3. The van der Waals surface area contributed by atoms with E-state index in [1.54, 1.807) is 5.82 Å². The molecule has 0 aliphatic heterocycles. The van der Waals surface area contributed by atoms with Crippen LogP contribution in [-0.2, 0) is 19.5 Å². The first-order valence-corrected chi connectivity index (χ1v) is 21.4. The highest BCUT2D eigenvalue weighted by Gasteiger charge is 2.16. The molecule has 1 aromatic heterocycles. The van der Waals surface area contributed by atoms with Crippen molar-refractivity contribution in [3.63, 3.8) is 0 Å². The molecule has 1 aromatic rings. The van der Waals surface area contributed by atoms with E-state index in [0.717, 1.165) is 0 Å². The molecule has 1 rings (SSSR count). The molecule has 0 radical (unpaired) electrons. The average molecular weight is 630 g/mol. The molecule has 0 aromatic carbocycles. The van der Waals surface area contributed by atoms with Crippen molar-refractivity contribution in [2.75, 3.05) is 0 Å². The van der Waals surface area contributed by atoms with Crippen molar-refractivity contribution in [3.8, 4) is 0 Å². The second-order valence-electron chi connectivity index (χ2n) is 14.8. The van der Waals surface area contributed by atoms with E-state index in [-0.39, 0.29) is 0 Å². The Morgan fingerprint density at radius 3 is 1.07 bits per heavy atom. The van der Waals surface area contributed by atoms with Crippen LogP contribution >= 0.6 is 0 Å². The Kier molecular flexibility index (Phi) is 32.4. The lowest BCUT2D eigenvalue weighted by Gasteiger charge is -2.07. The Hall–Kier alpha value is -0.790. The van der Waals surface area contributed by atoms with E-state index in [0.29, 0.717) is 0 Å². The lowest BCUT2D eigenvalue weighted by atomic mass is 10.0. The summed E-state index contributed by atoms with van der Waals surface area (Å²) in [6.07, 6.45) is 54.9. The summed E-state index contributed by atoms with van der Waals surface area (Å²) in [7, 11) is 0. The van der Waals surface area contributed by atoms with Crippen molar-refractivity contribution in [2.24, 2.45) is 0 Å². The molecule has 0 saturated heterocycles. The van der Waals surface area contributed by atoms with Gasteiger partial charge in [-0.05, 0) is 32.1 Å². The summed E-state index contributed by atoms with van der Waals surface area (Å²) in [5, 5.41) is 0. The molecule has 0 aliphatic rings. The van der Waals surface area contributed by atoms with Crippen LogP contribution in [0.25, 0.3) is 0 Å². The van der Waals surface area contributed by atoms with E-state index >= 15 is 0 Å². The maximum Gasteiger partial charge on any atom is 0.256 e. The van der Waals surface area contributed by atoms with Gasteiger partial charge in [0, 0.05) is 6.42 Å². The molecule has 1 heterocycles. The van der Waals surface area contributed by atoms with Crippen molar-refractivity contribution in [1.29, 1.82) is 0 Å². The third kappa shape index (κ3) is 26.9. The Labute approximate surface area is 285 Å². The molecule has 2 nitrogen and oxygen atoms in total. The molecule has 0 fully saturated rings. The van der Waals surface area contributed by atoms with Gasteiger partial charge in [0.2, 0.25) is 0 Å². The molecule has 0 atom stereocenters. The fraction of sp³-hybridized carbons (Fsp3) is 0.930. The van der Waals surface area contributed by atoms with Gasteiger partial charge in [0.25, 0.3) is 5.82 Å². The monoisotopic (exact) mass is 630 g/mol. The number of nitrogens with zero attached hydrogens (tertiary/aromatic N) is 2. The summed E-state index contributed by atoms with van der Waals surface area (Å²) in [4.78, 5) is 0. The van der Waals surface area contributed by atoms with Crippen LogP contribution < -0.4 is 4.57 Å². The predicted octanol–water partition coefficient (Wildman–Crippen LogP) is 14.6. The van der Waals surface area contributed by atoms with Crippen molar-refractivity contribution in [1.82, 2.24) is 4.57 Å². The number of hydrogen-bond acceptors (Lipinski definition) is 0. The van der Waals surface area contributed by atoms with Gasteiger partial charge in [0.05, 0.1) is 13.1 Å². The topological polar surface area (TPSA) is 8.81 Å². The first-order chi connectivity index (χ1) is 22.3. The quantitative estimate of drug-likeness (QED) is 0.0511. The normalized spacial score (nSPS) is 11.6. The minimum atomic E-state index is 1.23. The standard InChI is InChI=1S/C43H85N2/c1-4-7-10-13-16-18-20-22-23-24-25-27-29-31-34-37-40-45-42-41-44(39-36-33-15-12-9-6-3)43(45)38-35-32-30-28-26-21-19-17-14-11-8-5-2/h41-42H,4-40H2,1-3H3/q+1. The predicted molar refractivity (Wildman–Crippen MR) is 202 cm³/mol. The van der Waals surface area contributed by atoms with Crippen LogP contribution in [0.5, 0.6) is 0 Å². The molecular weight excluding hydrogens is 544 g/mol. The van der Waals surface area contributed by atoms with E-state index in [4.69, 9.17) is 0 Å². The second-order valence-corrected chi connectivity index (χ2v) is 14.8. The fourth-order valence-corrected chi connectivity index (χ4v) is 7.21. The summed E-state index contributed by atoms with van der Waals surface area (Å²) in [6.45, 7) is 9.40. The highest BCUT2D eigenvalue weighted by Crippen LogP contribution is 2.16. The Balaban J connectivity index is 2.20. The summed E-state index contributed by atoms with van der Waals surface area (Å²) in [5.74, 6) is 1.62. The summed E-state index contributed by atoms with van der Waals surface area (Å²) in [5.41, 5.74) is 0. The van der Waals surface area contributed by atoms with Crippen LogP contribution in [0.1, 0.15) is 245 Å². The van der Waals surface area contributed by atoms with E-state index in [9.17, 15) is 0 Å². The van der Waals surface area contributed by atoms with E-state index in [2.05, 4.69) is 42.3 Å². The van der Waals surface area contributed by atoms with Crippen molar-refractivity contribution >= 4 is 0 Å². The molecular formula is C43H85N2+. The molecule has 0 spiro atoms. The minimum absolute atomic E-state index is 1.23. The van der Waals surface area contributed by atoms with Gasteiger partial charge >= 0.3 is 0 Å². The Morgan fingerprint density at radius 2 is 0.689 bits per heavy atom. The van der Waals surface area contributed by atoms with Crippen LogP contribution in [0.15, 0.2) is 12.4 Å². The highest BCUT2D eigenvalue weighted by atomic mass is 15.1. The van der Waals surface area contributed by atoms with Gasteiger partial charge in [-0.15, -0.1) is 0 Å². The zero-order chi connectivity index (χ0) is 32.3. The molecule has 0 bridgehead atoms. The van der Waals surface area contributed by atoms with Gasteiger partial charge in [-0.2, -0.15) is 0 Å². The zero-order valence-corrected chi connectivity index (χ0v) is 31.7. The molecule has 0 N–H and O–H groups in total. The molecule has 2 heteroatoms. The van der Waals surface area contributed by atoms with Gasteiger partial charge in [0.15, 0.2) is 0 Å². The largest absolute Gasteiger partial charge is 0.256 e. The molecule has 0 amide bonds. The van der Waals surface area contributed by atoms with E-state index < -0.39 is 0 Å². The zero-order valence-electron chi connectivity index (χ0n) is 31.7. The Bertz CT molecular complexity index is 692. The lowest BCUT2D eigenvalue weighted by Crippen LogP contribution is -2.37. The van der Waals surface area contributed by atoms with Crippen molar-refractivity contribution < 1.29 is 4.57 Å². The fourth-order valence-electron chi connectivity index (χ4n) is 7.21. The van der Waals surface area contributed by atoms with Gasteiger partial charge in [-0.3, -0.25) is 0 Å². The summed E-state index contributed by atoms with van der Waals surface area (Å²) >= 11 is 0. The van der Waals surface area contributed by atoms with Crippen molar-refractivity contribution in [2.45, 2.75) is 259 Å². The van der Waals surface area contributed by atoms with Crippen LogP contribution in [-0.4, -0.2) is 4.57 Å². The molecule has 0 unspecified atom stereocenters. The molecule has 0 saturated carbocycles. The third-order valence-electron chi connectivity index (χ3n) is 10.3. The Morgan fingerprint density at radius 1 is 0.378 bits per heavy atom. The maximum absolute atomic E-state index is 2.64. The van der Waals surface area contributed by atoms with E-state index in [1.807, 2.05) is 0 Å². The van der Waals surface area contributed by atoms with E-state index in [1.165, 1.54) is 238 Å². The summed E-state index contributed by atoms with van der Waals surface area (Å²) in [6, 6.07) is 0. The van der Waals surface area contributed by atoms with Crippen LogP contribution in [0.3, 0.4) is 0 Å². The smallest absolute Gasteiger partial charge is 0.234 e. The highest BCUT2D eigenvalue weighted by molar-refractivity contribution is 4.84. The SMILES string of the molecule is CCCCCCCCCCCCCCCCCC[n+]1ccn(CCCCCCCC)c1CCCCCCCCCCCCCC. The van der Waals surface area contributed by atoms with Gasteiger partial charge in [-0.25, -0.2) is 9.13 Å². The minimum Gasteiger partial charge on any atom is -0.234 e. The van der Waals surface area contributed by atoms with Crippen LogP contribution in [0.2, 0.25) is 0 Å². The number of rotatable bonds is 37. The second kappa shape index (κ2) is 34.5. The van der Waals surface area contributed by atoms with Gasteiger partial charge < -0.3 is 0 Å². The molecule has 45 heavy (non-hydrogen) atoms. The average Bonchev–Trinajstić information content (AvgIpc) is 3.43. The van der Waals surface area contributed by atoms with Gasteiger partial charge in [-0.1, -0.05) is 207 Å². The number of imidazole rings is 1. The van der Waals surface area contributed by atoms with Crippen molar-refractivity contribution in [3.05, 3.63) is 18.2 Å². The lowest BCUT2D eigenvalue weighted by molar-refractivity contribution is -0.704. The maximum atomic E-state index is 2.64. The molecule has 0 aliphatic carbocycles. The first-order valence-electron chi connectivity index (χ1n) is 21.4. The molecule has 266 valence electrons. The van der Waals surface area contributed by atoms with Gasteiger partial charge in [0.1, 0.15) is 12.4 Å². The number of unbranched alkanes of at least 4 members (excludes halogenated alkanes) is 31. The number of aryl methyl sites for hydroxylation is 2. The number of aromatic nitrogens is 2. The number of hydrogen-bond donors (Lipinski definition) is 0.